The first-order valence-electron chi connectivity index (χ1n) is 7.55. The SMILES string of the molecule is CCN(CC1COc2ccccc2O1)C(=O)CCCNC.Cl. The van der Waals surface area contributed by atoms with E-state index in [9.17, 15) is 4.79 Å². The number of hydrogen-bond donors (Lipinski definition) is 1. The van der Waals surface area contributed by atoms with Crippen LogP contribution in [0.4, 0.5) is 0 Å². The molecule has 6 heteroatoms. The smallest absolute Gasteiger partial charge is 0.222 e. The monoisotopic (exact) mass is 328 g/mol. The molecule has 124 valence electrons. The van der Waals surface area contributed by atoms with E-state index >= 15 is 0 Å². The van der Waals surface area contributed by atoms with Gasteiger partial charge in [-0.3, -0.25) is 4.79 Å². The second-order valence-electron chi connectivity index (χ2n) is 5.14. The molecular formula is C16H25ClN2O3. The lowest BCUT2D eigenvalue weighted by atomic mass is 10.2. The van der Waals surface area contributed by atoms with Crippen molar-refractivity contribution in [3.63, 3.8) is 0 Å². The number of rotatable bonds is 7. The number of benzene rings is 1. The fraction of sp³-hybridized carbons (Fsp3) is 0.562. The summed E-state index contributed by atoms with van der Waals surface area (Å²) in [4.78, 5) is 14.0. The molecule has 0 spiro atoms. The summed E-state index contributed by atoms with van der Waals surface area (Å²) in [5, 5.41) is 3.06. The van der Waals surface area contributed by atoms with E-state index in [0.717, 1.165) is 24.5 Å². The fourth-order valence-electron chi connectivity index (χ4n) is 2.38. The average molecular weight is 329 g/mol. The first-order chi connectivity index (χ1) is 10.2. The molecule has 1 aromatic carbocycles. The Hall–Kier alpha value is -1.46. The normalized spacial score (nSPS) is 15.8. The van der Waals surface area contributed by atoms with Gasteiger partial charge < -0.3 is 19.7 Å². The third-order valence-corrected chi connectivity index (χ3v) is 3.54. The highest BCUT2D eigenvalue weighted by Crippen LogP contribution is 2.31. The Kier molecular flexibility index (Phi) is 8.06. The molecule has 1 unspecified atom stereocenters. The second-order valence-corrected chi connectivity index (χ2v) is 5.14. The van der Waals surface area contributed by atoms with Crippen molar-refractivity contribution in [1.82, 2.24) is 10.2 Å². The highest BCUT2D eigenvalue weighted by atomic mass is 35.5. The van der Waals surface area contributed by atoms with Crippen LogP contribution in [0.3, 0.4) is 0 Å². The number of para-hydroxylation sites is 2. The van der Waals surface area contributed by atoms with E-state index in [-0.39, 0.29) is 24.4 Å². The van der Waals surface area contributed by atoms with Gasteiger partial charge in [0.2, 0.25) is 5.91 Å². The maximum absolute atomic E-state index is 12.2. The Bertz CT molecular complexity index is 470. The number of likely N-dealkylation sites (N-methyl/N-ethyl adjacent to an activating group) is 1. The molecule has 0 bridgehead atoms. The van der Waals surface area contributed by atoms with Crippen molar-refractivity contribution in [2.24, 2.45) is 0 Å². The van der Waals surface area contributed by atoms with E-state index in [0.29, 0.717) is 26.1 Å². The molecular weight excluding hydrogens is 304 g/mol. The fourth-order valence-corrected chi connectivity index (χ4v) is 2.38. The van der Waals surface area contributed by atoms with Gasteiger partial charge in [-0.1, -0.05) is 12.1 Å². The minimum atomic E-state index is -0.104. The molecule has 1 atom stereocenters. The third kappa shape index (κ3) is 5.07. The van der Waals surface area contributed by atoms with E-state index < -0.39 is 0 Å². The maximum atomic E-state index is 12.2. The van der Waals surface area contributed by atoms with Gasteiger partial charge in [0.05, 0.1) is 6.54 Å². The Balaban J connectivity index is 0.00000242. The van der Waals surface area contributed by atoms with Crippen molar-refractivity contribution >= 4 is 18.3 Å². The van der Waals surface area contributed by atoms with Gasteiger partial charge in [0.15, 0.2) is 17.6 Å². The van der Waals surface area contributed by atoms with E-state index in [4.69, 9.17) is 9.47 Å². The van der Waals surface area contributed by atoms with Crippen LogP contribution in [0.15, 0.2) is 24.3 Å². The lowest BCUT2D eigenvalue weighted by Gasteiger charge is -2.31. The standard InChI is InChI=1S/C16H24N2O3.ClH/c1-3-18(16(19)9-6-10-17-2)11-13-12-20-14-7-4-5-8-15(14)21-13;/h4-5,7-8,13,17H,3,6,9-12H2,1-2H3;1H. The molecule has 0 radical (unpaired) electrons. The molecule has 1 heterocycles. The van der Waals surface area contributed by atoms with E-state index in [1.165, 1.54) is 0 Å². The van der Waals surface area contributed by atoms with Crippen molar-refractivity contribution in [3.05, 3.63) is 24.3 Å². The maximum Gasteiger partial charge on any atom is 0.222 e. The van der Waals surface area contributed by atoms with Crippen LogP contribution in [0.1, 0.15) is 19.8 Å². The second kappa shape index (κ2) is 9.54. The molecule has 2 rings (SSSR count). The van der Waals surface area contributed by atoms with Crippen LogP contribution in [0.5, 0.6) is 11.5 Å². The van der Waals surface area contributed by atoms with Gasteiger partial charge in [-0.2, -0.15) is 0 Å². The van der Waals surface area contributed by atoms with Crippen LogP contribution in [-0.2, 0) is 4.79 Å². The quantitative estimate of drug-likeness (QED) is 0.779. The van der Waals surface area contributed by atoms with Crippen molar-refractivity contribution in [3.8, 4) is 11.5 Å². The molecule has 1 aromatic rings. The summed E-state index contributed by atoms with van der Waals surface area (Å²) in [5.41, 5.74) is 0. The number of nitrogens with zero attached hydrogens (tertiary/aromatic N) is 1. The number of ether oxygens (including phenoxy) is 2. The van der Waals surface area contributed by atoms with Gasteiger partial charge in [-0.25, -0.2) is 0 Å². The van der Waals surface area contributed by atoms with Gasteiger partial charge >= 0.3 is 0 Å². The zero-order chi connectivity index (χ0) is 15.1. The lowest BCUT2D eigenvalue weighted by Crippen LogP contribution is -2.43. The summed E-state index contributed by atoms with van der Waals surface area (Å²) in [6.45, 7) is 4.60. The van der Waals surface area contributed by atoms with Gasteiger partial charge in [0.25, 0.3) is 0 Å². The van der Waals surface area contributed by atoms with Gasteiger partial charge in [-0.05, 0) is 39.1 Å². The molecule has 1 aliphatic heterocycles. The summed E-state index contributed by atoms with van der Waals surface area (Å²) >= 11 is 0. The van der Waals surface area contributed by atoms with Crippen LogP contribution < -0.4 is 14.8 Å². The van der Waals surface area contributed by atoms with E-state index in [1.54, 1.807) is 0 Å². The summed E-state index contributed by atoms with van der Waals surface area (Å²) in [6.07, 6.45) is 1.32. The molecule has 0 fully saturated rings. The Morgan fingerprint density at radius 3 is 2.77 bits per heavy atom. The zero-order valence-corrected chi connectivity index (χ0v) is 14.0. The van der Waals surface area contributed by atoms with Gasteiger partial charge in [0, 0.05) is 13.0 Å². The van der Waals surface area contributed by atoms with Crippen LogP contribution >= 0.6 is 12.4 Å². The summed E-state index contributed by atoms with van der Waals surface area (Å²) in [7, 11) is 1.90. The first kappa shape index (κ1) is 18.6. The van der Waals surface area contributed by atoms with E-state index in [2.05, 4.69) is 5.32 Å². The number of hydrogen-bond acceptors (Lipinski definition) is 4. The van der Waals surface area contributed by atoms with Crippen molar-refractivity contribution in [1.29, 1.82) is 0 Å². The molecule has 0 saturated carbocycles. The van der Waals surface area contributed by atoms with Crippen molar-refractivity contribution in [2.45, 2.75) is 25.9 Å². The van der Waals surface area contributed by atoms with Crippen molar-refractivity contribution < 1.29 is 14.3 Å². The minimum Gasteiger partial charge on any atom is -0.486 e. The third-order valence-electron chi connectivity index (χ3n) is 3.54. The summed E-state index contributed by atoms with van der Waals surface area (Å²) in [6, 6.07) is 7.63. The van der Waals surface area contributed by atoms with Gasteiger partial charge in [0.1, 0.15) is 6.61 Å². The number of halogens is 1. The number of amides is 1. The molecule has 0 saturated heterocycles. The minimum absolute atomic E-state index is 0. The number of carbonyl (C=O) groups is 1. The largest absolute Gasteiger partial charge is 0.486 e. The Morgan fingerprint density at radius 1 is 1.36 bits per heavy atom. The first-order valence-corrected chi connectivity index (χ1v) is 7.55. The molecule has 0 aliphatic carbocycles. The van der Waals surface area contributed by atoms with Crippen LogP contribution in [-0.4, -0.2) is 50.2 Å². The molecule has 0 aromatic heterocycles. The number of nitrogens with one attached hydrogen (secondary N) is 1. The molecule has 22 heavy (non-hydrogen) atoms. The summed E-state index contributed by atoms with van der Waals surface area (Å²) in [5.74, 6) is 1.71. The van der Waals surface area contributed by atoms with Crippen LogP contribution in [0, 0.1) is 0 Å². The van der Waals surface area contributed by atoms with Gasteiger partial charge in [-0.15, -0.1) is 12.4 Å². The van der Waals surface area contributed by atoms with Crippen LogP contribution in [0.25, 0.3) is 0 Å². The Morgan fingerprint density at radius 2 is 2.09 bits per heavy atom. The van der Waals surface area contributed by atoms with Crippen LogP contribution in [0.2, 0.25) is 0 Å². The topological polar surface area (TPSA) is 50.8 Å². The van der Waals surface area contributed by atoms with Crippen molar-refractivity contribution in [2.75, 3.05) is 33.3 Å². The number of carbonyl (C=O) groups excluding carboxylic acids is 1. The number of fused-ring (bicyclic) bond motifs is 1. The average Bonchev–Trinajstić information content (AvgIpc) is 2.52. The predicted molar refractivity (Wildman–Crippen MR) is 89.0 cm³/mol. The summed E-state index contributed by atoms with van der Waals surface area (Å²) < 4.78 is 11.6. The highest BCUT2D eigenvalue weighted by Gasteiger charge is 2.24. The zero-order valence-electron chi connectivity index (χ0n) is 13.2. The highest BCUT2D eigenvalue weighted by molar-refractivity contribution is 5.85. The lowest BCUT2D eigenvalue weighted by molar-refractivity contribution is -0.132. The molecule has 1 amide bonds. The predicted octanol–water partition coefficient (Wildman–Crippen LogP) is 2.10. The Labute approximate surface area is 138 Å². The molecule has 5 nitrogen and oxygen atoms in total. The molecule has 1 aliphatic rings. The molecule has 1 N–H and O–H groups in total. The van der Waals surface area contributed by atoms with E-state index in [1.807, 2.05) is 43.1 Å².